The lowest BCUT2D eigenvalue weighted by atomic mass is 10.2. The Bertz CT molecular complexity index is 542. The molecule has 140 valence electrons. The van der Waals surface area contributed by atoms with Crippen molar-refractivity contribution in [2.45, 2.75) is 32.9 Å². The first-order valence-electron chi connectivity index (χ1n) is 9.04. The molecule has 6 nitrogen and oxygen atoms in total. The fourth-order valence-electron chi connectivity index (χ4n) is 2.93. The average Bonchev–Trinajstić information content (AvgIpc) is 2.61. The largest absolute Gasteiger partial charge is 0.491 e. The summed E-state index contributed by atoms with van der Waals surface area (Å²) < 4.78 is 10.6. The number of carbonyl (C=O) groups excluding carboxylic acids is 1. The predicted molar refractivity (Wildman–Crippen MR) is 97.0 cm³/mol. The zero-order valence-corrected chi connectivity index (χ0v) is 15.5. The molecule has 0 aliphatic carbocycles. The molecule has 1 fully saturated rings. The number of hydrogen-bond donors (Lipinski definition) is 1. The Kier molecular flexibility index (Phi) is 7.68. The maximum Gasteiger partial charge on any atom is 0.338 e. The van der Waals surface area contributed by atoms with Crippen LogP contribution in [0, 0.1) is 0 Å². The Morgan fingerprint density at radius 2 is 1.96 bits per heavy atom. The number of ether oxygens (including phenoxy) is 2. The summed E-state index contributed by atoms with van der Waals surface area (Å²) in [6.45, 7) is 11.3. The maximum atomic E-state index is 11.7. The van der Waals surface area contributed by atoms with Crippen molar-refractivity contribution in [2.24, 2.45) is 0 Å². The molecule has 2 rings (SSSR count). The fourth-order valence-corrected chi connectivity index (χ4v) is 2.93. The second-order valence-corrected chi connectivity index (χ2v) is 6.64. The number of esters is 1. The lowest BCUT2D eigenvalue weighted by Gasteiger charge is -2.37. The number of benzene rings is 1. The van der Waals surface area contributed by atoms with Crippen LogP contribution in [0.5, 0.6) is 5.75 Å². The standard InChI is InChI=1S/C19H30N2O4/c1-4-24-19(23)16-6-5-7-18(12-16)25-14-17(22)13-20-8-10-21(11-9-20)15(2)3/h5-7,12,15,17,22H,4,8-11,13-14H2,1-3H3. The van der Waals surface area contributed by atoms with E-state index in [1.54, 1.807) is 31.2 Å². The highest BCUT2D eigenvalue weighted by atomic mass is 16.5. The monoisotopic (exact) mass is 350 g/mol. The topological polar surface area (TPSA) is 62.2 Å². The minimum absolute atomic E-state index is 0.205. The van der Waals surface area contributed by atoms with E-state index in [1.165, 1.54) is 0 Å². The van der Waals surface area contributed by atoms with Crippen LogP contribution in [0.4, 0.5) is 0 Å². The van der Waals surface area contributed by atoms with Gasteiger partial charge in [-0.15, -0.1) is 0 Å². The van der Waals surface area contributed by atoms with Crippen molar-refractivity contribution in [1.29, 1.82) is 0 Å². The Balaban J connectivity index is 1.76. The second-order valence-electron chi connectivity index (χ2n) is 6.64. The van der Waals surface area contributed by atoms with Crippen molar-refractivity contribution < 1.29 is 19.4 Å². The first-order valence-corrected chi connectivity index (χ1v) is 9.04. The van der Waals surface area contributed by atoms with Gasteiger partial charge < -0.3 is 14.6 Å². The van der Waals surface area contributed by atoms with Crippen molar-refractivity contribution in [2.75, 3.05) is 45.9 Å². The second kappa shape index (κ2) is 9.75. The number of aliphatic hydroxyl groups excluding tert-OH is 1. The van der Waals surface area contributed by atoms with E-state index in [2.05, 4.69) is 23.6 Å². The highest BCUT2D eigenvalue weighted by Gasteiger charge is 2.20. The first kappa shape index (κ1) is 19.7. The molecule has 0 amide bonds. The van der Waals surface area contributed by atoms with Crippen molar-refractivity contribution in [3.8, 4) is 5.75 Å². The van der Waals surface area contributed by atoms with Gasteiger partial charge in [-0.2, -0.15) is 0 Å². The quantitative estimate of drug-likeness (QED) is 0.719. The van der Waals surface area contributed by atoms with E-state index < -0.39 is 6.10 Å². The third-order valence-electron chi connectivity index (χ3n) is 4.39. The van der Waals surface area contributed by atoms with E-state index in [9.17, 15) is 9.90 Å². The van der Waals surface area contributed by atoms with Gasteiger partial charge in [-0.3, -0.25) is 9.80 Å². The van der Waals surface area contributed by atoms with Crippen LogP contribution in [0.15, 0.2) is 24.3 Å². The lowest BCUT2D eigenvalue weighted by molar-refractivity contribution is 0.0399. The number of aliphatic hydroxyl groups is 1. The average molecular weight is 350 g/mol. The molecule has 0 aromatic heterocycles. The zero-order valence-electron chi connectivity index (χ0n) is 15.5. The molecule has 1 atom stereocenters. The summed E-state index contributed by atoms with van der Waals surface area (Å²) in [6.07, 6.45) is -0.558. The van der Waals surface area contributed by atoms with Crippen molar-refractivity contribution in [1.82, 2.24) is 9.80 Å². The molecule has 1 aliphatic rings. The smallest absolute Gasteiger partial charge is 0.338 e. The van der Waals surface area contributed by atoms with Crippen molar-refractivity contribution >= 4 is 5.97 Å². The lowest BCUT2D eigenvalue weighted by Crippen LogP contribution is -2.51. The van der Waals surface area contributed by atoms with Gasteiger partial charge >= 0.3 is 5.97 Å². The molecule has 0 spiro atoms. The summed E-state index contributed by atoms with van der Waals surface area (Å²) in [5, 5.41) is 10.2. The molecule has 1 saturated heterocycles. The first-order chi connectivity index (χ1) is 12.0. The van der Waals surface area contributed by atoms with Gasteiger partial charge in [0.15, 0.2) is 0 Å². The zero-order chi connectivity index (χ0) is 18.2. The van der Waals surface area contributed by atoms with E-state index in [4.69, 9.17) is 9.47 Å². The summed E-state index contributed by atoms with van der Waals surface area (Å²) in [5.41, 5.74) is 0.457. The minimum atomic E-state index is -0.558. The van der Waals surface area contributed by atoms with E-state index in [0.717, 1.165) is 26.2 Å². The molecular formula is C19H30N2O4. The van der Waals surface area contributed by atoms with E-state index >= 15 is 0 Å². The summed E-state index contributed by atoms with van der Waals surface area (Å²) in [4.78, 5) is 16.4. The van der Waals surface area contributed by atoms with Crippen LogP contribution in [0.3, 0.4) is 0 Å². The van der Waals surface area contributed by atoms with Crippen molar-refractivity contribution in [3.05, 3.63) is 29.8 Å². The highest BCUT2D eigenvalue weighted by Crippen LogP contribution is 2.15. The number of β-amino-alcohol motifs (C(OH)–C–C–N with tert-alkyl or cyclic N) is 1. The van der Waals surface area contributed by atoms with Gasteiger partial charge in [0.05, 0.1) is 12.2 Å². The van der Waals surface area contributed by atoms with Gasteiger partial charge in [0.25, 0.3) is 0 Å². The third kappa shape index (κ3) is 6.30. The Morgan fingerprint density at radius 1 is 1.24 bits per heavy atom. The summed E-state index contributed by atoms with van der Waals surface area (Å²) >= 11 is 0. The molecule has 6 heteroatoms. The number of piperazine rings is 1. The van der Waals surface area contributed by atoms with Crippen LogP contribution in [-0.4, -0.2) is 79.0 Å². The molecular weight excluding hydrogens is 320 g/mol. The number of rotatable bonds is 8. The van der Waals surface area contributed by atoms with Crippen molar-refractivity contribution in [3.63, 3.8) is 0 Å². The van der Waals surface area contributed by atoms with Gasteiger partial charge in [-0.25, -0.2) is 4.79 Å². The molecule has 0 bridgehead atoms. The maximum absolute atomic E-state index is 11.7. The Morgan fingerprint density at radius 3 is 2.60 bits per heavy atom. The van der Waals surface area contributed by atoms with E-state index in [-0.39, 0.29) is 12.6 Å². The molecule has 1 aromatic carbocycles. The van der Waals surface area contributed by atoms with Crippen LogP contribution >= 0.6 is 0 Å². The van der Waals surface area contributed by atoms with Crippen LogP contribution in [0.1, 0.15) is 31.1 Å². The van der Waals surface area contributed by atoms with Gasteiger partial charge in [-0.1, -0.05) is 6.07 Å². The molecule has 1 aliphatic heterocycles. The van der Waals surface area contributed by atoms with Gasteiger partial charge in [0.1, 0.15) is 18.5 Å². The number of nitrogens with zero attached hydrogens (tertiary/aromatic N) is 2. The summed E-state index contributed by atoms with van der Waals surface area (Å²) in [5.74, 6) is 0.200. The molecule has 25 heavy (non-hydrogen) atoms. The fraction of sp³-hybridized carbons (Fsp3) is 0.632. The normalized spacial score (nSPS) is 17.5. The summed E-state index contributed by atoms with van der Waals surface area (Å²) in [6, 6.07) is 7.43. The summed E-state index contributed by atoms with van der Waals surface area (Å²) in [7, 11) is 0. The third-order valence-corrected chi connectivity index (χ3v) is 4.39. The predicted octanol–water partition coefficient (Wildman–Crippen LogP) is 1.63. The van der Waals surface area contributed by atoms with E-state index in [1.807, 2.05) is 0 Å². The highest BCUT2D eigenvalue weighted by molar-refractivity contribution is 5.89. The van der Waals surface area contributed by atoms with Gasteiger partial charge in [0, 0.05) is 38.8 Å². The van der Waals surface area contributed by atoms with Gasteiger partial charge in [0.2, 0.25) is 0 Å². The Hall–Kier alpha value is -1.63. The van der Waals surface area contributed by atoms with Crippen LogP contribution in [0.2, 0.25) is 0 Å². The van der Waals surface area contributed by atoms with Crippen LogP contribution < -0.4 is 4.74 Å². The van der Waals surface area contributed by atoms with Crippen LogP contribution in [-0.2, 0) is 4.74 Å². The molecule has 0 saturated carbocycles. The molecule has 1 aromatic rings. The SMILES string of the molecule is CCOC(=O)c1cccc(OCC(O)CN2CCN(C(C)C)CC2)c1. The van der Waals surface area contributed by atoms with Gasteiger partial charge in [-0.05, 0) is 39.0 Å². The van der Waals surface area contributed by atoms with E-state index in [0.29, 0.717) is 30.5 Å². The Labute approximate surface area is 150 Å². The molecule has 1 heterocycles. The molecule has 0 radical (unpaired) electrons. The number of carbonyl (C=O) groups is 1. The molecule has 1 unspecified atom stereocenters. The molecule has 1 N–H and O–H groups in total. The minimum Gasteiger partial charge on any atom is -0.491 e. The number of hydrogen-bond acceptors (Lipinski definition) is 6. The van der Waals surface area contributed by atoms with Crippen LogP contribution in [0.25, 0.3) is 0 Å².